The highest BCUT2D eigenvalue weighted by atomic mass is 32.1. The van der Waals surface area contributed by atoms with Gasteiger partial charge in [0.15, 0.2) is 5.13 Å². The van der Waals surface area contributed by atoms with E-state index in [1.165, 1.54) is 23.5 Å². The predicted octanol–water partition coefficient (Wildman–Crippen LogP) is 3.91. The van der Waals surface area contributed by atoms with Crippen molar-refractivity contribution < 1.29 is 9.18 Å². The Bertz CT molecular complexity index is 888. The lowest BCUT2D eigenvalue weighted by atomic mass is 10.1. The molecule has 0 aliphatic heterocycles. The minimum atomic E-state index is -0.318. The van der Waals surface area contributed by atoms with Crippen LogP contribution in [-0.4, -0.2) is 24.9 Å². The molecule has 25 heavy (non-hydrogen) atoms. The van der Waals surface area contributed by atoms with Gasteiger partial charge >= 0.3 is 0 Å². The molecule has 0 aliphatic carbocycles. The SMILES string of the molecule is CN(C)c1ccc(C(=O)c2sc(Nc3ccc(F)cc3)nc2N)cc1. The number of nitrogens with one attached hydrogen (secondary N) is 1. The largest absolute Gasteiger partial charge is 0.382 e. The fraction of sp³-hybridized carbons (Fsp3) is 0.111. The van der Waals surface area contributed by atoms with E-state index in [-0.39, 0.29) is 17.4 Å². The number of thiazole rings is 1. The molecule has 0 spiro atoms. The molecule has 1 heterocycles. The number of carbonyl (C=O) groups is 1. The Morgan fingerprint density at radius 2 is 1.76 bits per heavy atom. The van der Waals surface area contributed by atoms with Gasteiger partial charge in [-0.3, -0.25) is 4.79 Å². The zero-order chi connectivity index (χ0) is 18.0. The van der Waals surface area contributed by atoms with Crippen molar-refractivity contribution in [2.75, 3.05) is 30.0 Å². The summed E-state index contributed by atoms with van der Waals surface area (Å²) in [7, 11) is 3.87. The lowest BCUT2D eigenvalue weighted by Crippen LogP contribution is -2.09. The number of aromatic nitrogens is 1. The fourth-order valence-corrected chi connectivity index (χ4v) is 3.11. The van der Waals surface area contributed by atoms with Gasteiger partial charge in [0.2, 0.25) is 5.78 Å². The Labute approximate surface area is 148 Å². The maximum atomic E-state index is 13.0. The number of carbonyl (C=O) groups excluding carboxylic acids is 1. The Kier molecular flexibility index (Phi) is 4.67. The van der Waals surface area contributed by atoms with Crippen LogP contribution >= 0.6 is 11.3 Å². The van der Waals surface area contributed by atoms with Gasteiger partial charge < -0.3 is 16.0 Å². The van der Waals surface area contributed by atoms with Crippen LogP contribution in [0, 0.1) is 5.82 Å². The summed E-state index contributed by atoms with van der Waals surface area (Å²) in [5, 5.41) is 3.51. The first-order chi connectivity index (χ1) is 11.9. The molecule has 0 amide bonds. The quantitative estimate of drug-likeness (QED) is 0.678. The van der Waals surface area contributed by atoms with E-state index in [9.17, 15) is 9.18 Å². The fourth-order valence-electron chi connectivity index (χ4n) is 2.25. The highest BCUT2D eigenvalue weighted by molar-refractivity contribution is 7.18. The summed E-state index contributed by atoms with van der Waals surface area (Å²) in [5.41, 5.74) is 8.13. The van der Waals surface area contributed by atoms with E-state index < -0.39 is 0 Å². The molecule has 3 rings (SSSR count). The molecule has 0 bridgehead atoms. The molecule has 0 aliphatic rings. The Morgan fingerprint density at radius 3 is 2.36 bits per heavy atom. The molecule has 0 unspecified atom stereocenters. The third-order valence-electron chi connectivity index (χ3n) is 3.60. The molecule has 5 nitrogen and oxygen atoms in total. The second-order valence-electron chi connectivity index (χ2n) is 5.64. The van der Waals surface area contributed by atoms with Gasteiger partial charge in [0.25, 0.3) is 0 Å². The summed E-state index contributed by atoms with van der Waals surface area (Å²) in [6.07, 6.45) is 0. The van der Waals surface area contributed by atoms with Crippen molar-refractivity contribution in [1.82, 2.24) is 4.98 Å². The number of halogens is 1. The van der Waals surface area contributed by atoms with Crippen LogP contribution in [0.2, 0.25) is 0 Å². The molecular weight excluding hydrogens is 339 g/mol. The zero-order valence-electron chi connectivity index (χ0n) is 13.8. The van der Waals surface area contributed by atoms with Gasteiger partial charge in [0.05, 0.1) is 0 Å². The number of nitrogen functional groups attached to an aromatic ring is 1. The standard InChI is InChI=1S/C18H17FN4OS/c1-23(2)14-9-3-11(4-10-14)15(24)16-17(20)22-18(25-16)21-13-7-5-12(19)6-8-13/h3-10H,20H2,1-2H3,(H,21,22). The monoisotopic (exact) mass is 356 g/mol. The molecule has 0 saturated heterocycles. The van der Waals surface area contributed by atoms with E-state index in [0.717, 1.165) is 5.69 Å². The van der Waals surface area contributed by atoms with Gasteiger partial charge in [-0.15, -0.1) is 0 Å². The number of nitrogens with zero attached hydrogens (tertiary/aromatic N) is 2. The normalized spacial score (nSPS) is 10.5. The summed E-state index contributed by atoms with van der Waals surface area (Å²) < 4.78 is 13.0. The van der Waals surface area contributed by atoms with Gasteiger partial charge in [-0.2, -0.15) is 0 Å². The summed E-state index contributed by atoms with van der Waals surface area (Å²) >= 11 is 1.17. The van der Waals surface area contributed by atoms with Gasteiger partial charge in [-0.1, -0.05) is 11.3 Å². The number of nitrogens with two attached hydrogens (primary N) is 1. The summed E-state index contributed by atoms with van der Waals surface area (Å²) in [6.45, 7) is 0. The predicted molar refractivity (Wildman–Crippen MR) is 100 cm³/mol. The van der Waals surface area contributed by atoms with Crippen LogP contribution in [0.4, 0.5) is 26.7 Å². The molecule has 128 valence electrons. The molecule has 1 aromatic heterocycles. The number of rotatable bonds is 5. The van der Waals surface area contributed by atoms with Crippen molar-refractivity contribution >= 4 is 39.4 Å². The van der Waals surface area contributed by atoms with E-state index in [4.69, 9.17) is 5.73 Å². The highest BCUT2D eigenvalue weighted by Crippen LogP contribution is 2.30. The average Bonchev–Trinajstić information content (AvgIpc) is 2.96. The van der Waals surface area contributed by atoms with Gasteiger partial charge in [-0.25, -0.2) is 9.37 Å². The molecule has 7 heteroatoms. The Morgan fingerprint density at radius 1 is 1.12 bits per heavy atom. The number of hydrogen-bond acceptors (Lipinski definition) is 6. The number of benzene rings is 2. The third kappa shape index (κ3) is 3.77. The summed E-state index contributed by atoms with van der Waals surface area (Å²) in [5.74, 6) is -0.315. The van der Waals surface area contributed by atoms with Crippen molar-refractivity contribution in [3.8, 4) is 0 Å². The second-order valence-corrected chi connectivity index (χ2v) is 6.63. The minimum absolute atomic E-state index is 0.174. The maximum Gasteiger partial charge on any atom is 0.206 e. The molecule has 2 aromatic carbocycles. The molecule has 0 fully saturated rings. The first-order valence-electron chi connectivity index (χ1n) is 7.55. The molecule has 0 saturated carbocycles. The Balaban J connectivity index is 1.81. The average molecular weight is 356 g/mol. The van der Waals surface area contributed by atoms with Crippen LogP contribution in [0.25, 0.3) is 0 Å². The van der Waals surface area contributed by atoms with Crippen LogP contribution in [-0.2, 0) is 0 Å². The van der Waals surface area contributed by atoms with Crippen LogP contribution in [0.3, 0.4) is 0 Å². The highest BCUT2D eigenvalue weighted by Gasteiger charge is 2.18. The van der Waals surface area contributed by atoms with Crippen molar-refractivity contribution in [1.29, 1.82) is 0 Å². The first kappa shape index (κ1) is 16.9. The number of hydrogen-bond donors (Lipinski definition) is 2. The van der Waals surface area contributed by atoms with Crippen molar-refractivity contribution in [3.05, 3.63) is 64.8 Å². The van der Waals surface area contributed by atoms with E-state index >= 15 is 0 Å². The third-order valence-corrected chi connectivity index (χ3v) is 4.59. The second kappa shape index (κ2) is 6.90. The van der Waals surface area contributed by atoms with E-state index in [1.807, 2.05) is 31.1 Å². The molecule has 0 radical (unpaired) electrons. The van der Waals surface area contributed by atoms with E-state index in [1.54, 1.807) is 24.3 Å². The smallest absolute Gasteiger partial charge is 0.206 e. The minimum Gasteiger partial charge on any atom is -0.382 e. The summed E-state index contributed by atoms with van der Waals surface area (Å²) in [4.78, 5) is 19.2. The van der Waals surface area contributed by atoms with Gasteiger partial charge in [0, 0.05) is 31.0 Å². The van der Waals surface area contributed by atoms with Gasteiger partial charge in [-0.05, 0) is 48.5 Å². The zero-order valence-corrected chi connectivity index (χ0v) is 14.6. The molecule has 3 aromatic rings. The van der Waals surface area contributed by atoms with Crippen LogP contribution < -0.4 is 16.0 Å². The van der Waals surface area contributed by atoms with E-state index in [0.29, 0.717) is 21.3 Å². The van der Waals surface area contributed by atoms with Crippen LogP contribution in [0.15, 0.2) is 48.5 Å². The molecule has 0 atom stereocenters. The lowest BCUT2D eigenvalue weighted by molar-refractivity contribution is 0.104. The van der Waals surface area contributed by atoms with Crippen molar-refractivity contribution in [3.63, 3.8) is 0 Å². The van der Waals surface area contributed by atoms with Crippen LogP contribution in [0.1, 0.15) is 15.2 Å². The van der Waals surface area contributed by atoms with Crippen molar-refractivity contribution in [2.24, 2.45) is 0 Å². The number of anilines is 4. The number of ketones is 1. The van der Waals surface area contributed by atoms with E-state index in [2.05, 4.69) is 10.3 Å². The van der Waals surface area contributed by atoms with Crippen molar-refractivity contribution in [2.45, 2.75) is 0 Å². The molecule has 3 N–H and O–H groups in total. The lowest BCUT2D eigenvalue weighted by Gasteiger charge is -2.12. The molecular formula is C18H17FN4OS. The Hall–Kier alpha value is -2.93. The summed E-state index contributed by atoms with van der Waals surface area (Å²) in [6, 6.07) is 13.2. The van der Waals surface area contributed by atoms with Crippen LogP contribution in [0.5, 0.6) is 0 Å². The first-order valence-corrected chi connectivity index (χ1v) is 8.36. The topological polar surface area (TPSA) is 71.2 Å². The van der Waals surface area contributed by atoms with Gasteiger partial charge in [0.1, 0.15) is 16.5 Å². The maximum absolute atomic E-state index is 13.0.